The van der Waals surface area contributed by atoms with Gasteiger partial charge in [-0.05, 0) is 54.4 Å². The summed E-state index contributed by atoms with van der Waals surface area (Å²) in [5.41, 5.74) is 2.06. The van der Waals surface area contributed by atoms with Crippen molar-refractivity contribution < 1.29 is 13.9 Å². The lowest BCUT2D eigenvalue weighted by Crippen LogP contribution is -2.41. The third-order valence-electron chi connectivity index (χ3n) is 6.23. The fraction of sp³-hybridized carbons (Fsp3) is 0.276. The summed E-state index contributed by atoms with van der Waals surface area (Å²) >= 11 is 1.63. The predicted molar refractivity (Wildman–Crippen MR) is 145 cm³/mol. The largest absolute Gasteiger partial charge is 0.490 e. The van der Waals surface area contributed by atoms with E-state index in [-0.39, 0.29) is 12.0 Å². The highest BCUT2D eigenvalue weighted by atomic mass is 32.1. The topological polar surface area (TPSA) is 71.7 Å². The maximum Gasteiger partial charge on any atom is 0.247 e. The Morgan fingerprint density at radius 3 is 2.70 bits per heavy atom. The lowest BCUT2D eigenvalue weighted by molar-refractivity contribution is -0.127. The third-order valence-corrected chi connectivity index (χ3v) is 7.07. The van der Waals surface area contributed by atoms with Crippen LogP contribution in [-0.2, 0) is 17.9 Å². The molecule has 4 aromatic rings. The van der Waals surface area contributed by atoms with Gasteiger partial charge >= 0.3 is 0 Å². The van der Waals surface area contributed by atoms with E-state index in [1.165, 1.54) is 0 Å². The van der Waals surface area contributed by atoms with Crippen molar-refractivity contribution in [3.05, 3.63) is 94.5 Å². The normalized spacial score (nSPS) is 14.5. The van der Waals surface area contributed by atoms with Crippen LogP contribution in [0, 0.1) is 0 Å². The number of ether oxygens (including phenoxy) is 1. The lowest BCUT2D eigenvalue weighted by Gasteiger charge is -2.31. The summed E-state index contributed by atoms with van der Waals surface area (Å²) in [5.74, 6) is 2.04. The zero-order chi connectivity index (χ0) is 25.5. The van der Waals surface area contributed by atoms with Gasteiger partial charge in [0.05, 0.1) is 6.54 Å². The Bertz CT molecular complexity index is 1310. The van der Waals surface area contributed by atoms with Gasteiger partial charge in [0, 0.05) is 49.0 Å². The monoisotopic (exact) mass is 514 g/mol. The van der Waals surface area contributed by atoms with Crippen LogP contribution in [0.5, 0.6) is 5.75 Å². The number of rotatable bonds is 9. The van der Waals surface area contributed by atoms with Crippen LogP contribution in [0.3, 0.4) is 0 Å². The Kier molecular flexibility index (Phi) is 8.08. The van der Waals surface area contributed by atoms with Gasteiger partial charge in [0.2, 0.25) is 17.7 Å². The van der Waals surface area contributed by atoms with Crippen LogP contribution in [0.25, 0.3) is 17.5 Å². The van der Waals surface area contributed by atoms with E-state index < -0.39 is 0 Å². The molecule has 0 spiro atoms. The molecule has 0 aliphatic carbocycles. The average molecular weight is 515 g/mol. The number of nitrogens with zero attached hydrogens (tertiary/aromatic N) is 4. The lowest BCUT2D eigenvalue weighted by atomic mass is 10.1. The first-order chi connectivity index (χ1) is 18.1. The highest BCUT2D eigenvalue weighted by molar-refractivity contribution is 7.10. The maximum absolute atomic E-state index is 12.5. The smallest absolute Gasteiger partial charge is 0.247 e. The number of carbonyl (C=O) groups is 1. The Labute approximate surface area is 221 Å². The van der Waals surface area contributed by atoms with Gasteiger partial charge in [0.25, 0.3) is 0 Å². The fourth-order valence-electron chi connectivity index (χ4n) is 4.36. The molecule has 2 aromatic carbocycles. The quantitative estimate of drug-likeness (QED) is 0.274. The molecule has 3 heterocycles. The van der Waals surface area contributed by atoms with Gasteiger partial charge in [-0.15, -0.1) is 21.5 Å². The Morgan fingerprint density at radius 1 is 1.08 bits per heavy atom. The number of piperidine rings is 1. The summed E-state index contributed by atoms with van der Waals surface area (Å²) in [7, 11) is 2.03. The second-order valence-corrected chi connectivity index (χ2v) is 10.2. The molecule has 1 saturated heterocycles. The van der Waals surface area contributed by atoms with Gasteiger partial charge in [0.15, 0.2) is 0 Å². The number of hydrogen-bond acceptors (Lipinski definition) is 7. The van der Waals surface area contributed by atoms with Crippen molar-refractivity contribution in [3.8, 4) is 17.2 Å². The summed E-state index contributed by atoms with van der Waals surface area (Å²) in [6, 6.07) is 22.0. The Morgan fingerprint density at radius 2 is 1.92 bits per heavy atom. The Balaban J connectivity index is 1.09. The zero-order valence-corrected chi connectivity index (χ0v) is 21.6. The van der Waals surface area contributed by atoms with Gasteiger partial charge in [0.1, 0.15) is 11.9 Å². The second kappa shape index (κ2) is 12.0. The van der Waals surface area contributed by atoms with Crippen molar-refractivity contribution in [2.75, 3.05) is 20.1 Å². The van der Waals surface area contributed by atoms with Crippen molar-refractivity contribution in [2.45, 2.75) is 32.0 Å². The molecule has 0 unspecified atom stereocenters. The zero-order valence-electron chi connectivity index (χ0n) is 20.8. The van der Waals surface area contributed by atoms with Crippen LogP contribution in [0.4, 0.5) is 0 Å². The molecule has 7 nitrogen and oxygen atoms in total. The molecule has 0 saturated carbocycles. The predicted octanol–water partition coefficient (Wildman–Crippen LogP) is 5.51. The van der Waals surface area contributed by atoms with Gasteiger partial charge < -0.3 is 14.1 Å². The van der Waals surface area contributed by atoms with Crippen molar-refractivity contribution in [1.29, 1.82) is 0 Å². The van der Waals surface area contributed by atoms with Crippen LogP contribution >= 0.6 is 11.3 Å². The molecule has 0 atom stereocenters. The first kappa shape index (κ1) is 24.9. The summed E-state index contributed by atoms with van der Waals surface area (Å²) < 4.78 is 12.1. The first-order valence-electron chi connectivity index (χ1n) is 12.4. The second-order valence-electron chi connectivity index (χ2n) is 9.18. The number of carbonyl (C=O) groups excluding carboxylic acids is 1. The molecule has 190 valence electrons. The minimum Gasteiger partial charge on any atom is -0.490 e. The SMILES string of the molecule is CN(Cc1cccc(OC2CCN(C(=O)C=Cc3cccs3)CC2)c1)Cc1nnc(-c2ccccc2)o1. The number of hydrogen-bond donors (Lipinski definition) is 0. The van der Waals surface area contributed by atoms with E-state index in [1.807, 2.05) is 78.0 Å². The molecule has 1 amide bonds. The van der Waals surface area contributed by atoms with Crippen molar-refractivity contribution in [3.63, 3.8) is 0 Å². The van der Waals surface area contributed by atoms with Crippen molar-refractivity contribution in [2.24, 2.45) is 0 Å². The third kappa shape index (κ3) is 6.93. The standard InChI is InChI=1S/C29H30N4O3S/c1-32(21-27-30-31-29(36-27)23-8-3-2-4-9-23)20-22-7-5-10-25(19-22)35-24-14-16-33(17-15-24)28(34)13-12-26-11-6-18-37-26/h2-13,18-19,24H,14-17,20-21H2,1H3. The van der Waals surface area contributed by atoms with E-state index in [1.54, 1.807) is 17.4 Å². The van der Waals surface area contributed by atoms with Gasteiger partial charge in [-0.1, -0.05) is 36.4 Å². The average Bonchev–Trinajstić information content (AvgIpc) is 3.61. The van der Waals surface area contributed by atoms with Gasteiger partial charge in [-0.25, -0.2) is 0 Å². The molecular formula is C29H30N4O3S. The number of aromatic nitrogens is 2. The number of amides is 1. The summed E-state index contributed by atoms with van der Waals surface area (Å²) in [5, 5.41) is 10.4. The molecule has 8 heteroatoms. The number of likely N-dealkylation sites (tertiary alicyclic amines) is 1. The highest BCUT2D eigenvalue weighted by Gasteiger charge is 2.23. The molecule has 5 rings (SSSR count). The Hall–Kier alpha value is -3.75. The molecule has 1 aliphatic rings. The molecule has 37 heavy (non-hydrogen) atoms. The minimum absolute atomic E-state index is 0.0639. The minimum atomic E-state index is 0.0639. The maximum atomic E-state index is 12.5. The summed E-state index contributed by atoms with van der Waals surface area (Å²) in [6.45, 7) is 2.69. The van der Waals surface area contributed by atoms with Crippen LogP contribution in [-0.4, -0.2) is 52.1 Å². The highest BCUT2D eigenvalue weighted by Crippen LogP contribution is 2.22. The fourth-order valence-corrected chi connectivity index (χ4v) is 4.98. The molecule has 2 aromatic heterocycles. The van der Waals surface area contributed by atoms with E-state index >= 15 is 0 Å². The molecule has 0 N–H and O–H groups in total. The summed E-state index contributed by atoms with van der Waals surface area (Å²) in [6.07, 6.45) is 5.31. The number of benzene rings is 2. The molecule has 1 aliphatic heterocycles. The molecular weight excluding hydrogens is 484 g/mol. The molecule has 1 fully saturated rings. The van der Waals surface area contributed by atoms with Crippen molar-refractivity contribution in [1.82, 2.24) is 20.0 Å². The summed E-state index contributed by atoms with van der Waals surface area (Å²) in [4.78, 5) is 17.6. The molecule has 0 radical (unpaired) electrons. The van der Waals surface area contributed by atoms with E-state index in [2.05, 4.69) is 27.2 Å². The van der Waals surface area contributed by atoms with E-state index in [4.69, 9.17) is 9.15 Å². The van der Waals surface area contributed by atoms with Crippen LogP contribution < -0.4 is 4.74 Å². The van der Waals surface area contributed by atoms with Gasteiger partial charge in [-0.2, -0.15) is 0 Å². The van der Waals surface area contributed by atoms with Crippen LogP contribution in [0.15, 0.2) is 82.6 Å². The van der Waals surface area contributed by atoms with Crippen LogP contribution in [0.2, 0.25) is 0 Å². The first-order valence-corrected chi connectivity index (χ1v) is 13.3. The van der Waals surface area contributed by atoms with Gasteiger partial charge in [-0.3, -0.25) is 9.69 Å². The number of thiophene rings is 1. The van der Waals surface area contributed by atoms with E-state index in [0.717, 1.165) is 41.1 Å². The van der Waals surface area contributed by atoms with Crippen molar-refractivity contribution >= 4 is 23.3 Å². The molecule has 0 bridgehead atoms. The van der Waals surface area contributed by atoms with E-state index in [0.29, 0.717) is 31.4 Å². The van der Waals surface area contributed by atoms with E-state index in [9.17, 15) is 4.79 Å². The van der Waals surface area contributed by atoms with Crippen LogP contribution in [0.1, 0.15) is 29.2 Å².